The van der Waals surface area contributed by atoms with Crippen LogP contribution in [0.25, 0.3) is 0 Å². The number of carbonyl (C=O) groups excluding carboxylic acids is 2. The Morgan fingerprint density at radius 3 is 2.73 bits per heavy atom. The molecule has 8 heteroatoms. The predicted octanol–water partition coefficient (Wildman–Crippen LogP) is 1.84. The van der Waals surface area contributed by atoms with E-state index in [-0.39, 0.29) is 23.6 Å². The summed E-state index contributed by atoms with van der Waals surface area (Å²) in [4.78, 5) is 31.1. The van der Waals surface area contributed by atoms with Crippen LogP contribution in [-0.2, 0) is 24.3 Å². The van der Waals surface area contributed by atoms with Gasteiger partial charge in [-0.15, -0.1) is 5.10 Å². The van der Waals surface area contributed by atoms with Crippen LogP contribution in [0, 0.1) is 0 Å². The molecule has 1 saturated heterocycles. The summed E-state index contributed by atoms with van der Waals surface area (Å²) in [6, 6.07) is 13.5. The SMILES string of the molecule is O=C(NCc1ccccc1)c1cn(C[C@@H]2CCCN2C(=O)Cc2cccnc2)nn1. The minimum atomic E-state index is -0.263. The van der Waals surface area contributed by atoms with E-state index in [4.69, 9.17) is 0 Å². The first-order valence-corrected chi connectivity index (χ1v) is 10.1. The number of nitrogens with one attached hydrogen (secondary N) is 1. The van der Waals surface area contributed by atoms with Gasteiger partial charge in [0.15, 0.2) is 5.69 Å². The molecule has 1 fully saturated rings. The van der Waals surface area contributed by atoms with Crippen molar-refractivity contribution in [3.63, 3.8) is 0 Å². The van der Waals surface area contributed by atoms with E-state index in [1.165, 1.54) is 0 Å². The standard InChI is InChI=1S/C22H24N6O2/c29-21(12-18-8-4-10-23-13-18)28-11-5-9-19(28)15-27-16-20(25-26-27)22(30)24-14-17-6-2-1-3-7-17/h1-4,6-8,10,13,16,19H,5,9,11-12,14-15H2,(H,24,30)/t19-/m0/s1. The molecule has 1 atom stereocenters. The van der Waals surface area contributed by atoms with Crippen LogP contribution in [0.1, 0.15) is 34.5 Å². The molecular formula is C22H24N6O2. The summed E-state index contributed by atoms with van der Waals surface area (Å²) in [5.41, 5.74) is 2.20. The molecule has 154 valence electrons. The number of aromatic nitrogens is 4. The van der Waals surface area contributed by atoms with E-state index in [0.717, 1.165) is 30.5 Å². The molecule has 1 N–H and O–H groups in total. The quantitative estimate of drug-likeness (QED) is 0.649. The summed E-state index contributed by atoms with van der Waals surface area (Å²) in [6.45, 7) is 1.70. The lowest BCUT2D eigenvalue weighted by Crippen LogP contribution is -2.39. The van der Waals surface area contributed by atoms with Crippen LogP contribution in [0.2, 0.25) is 0 Å². The maximum Gasteiger partial charge on any atom is 0.273 e. The predicted molar refractivity (Wildman–Crippen MR) is 110 cm³/mol. The second kappa shape index (κ2) is 9.30. The van der Waals surface area contributed by atoms with Crippen LogP contribution in [0.3, 0.4) is 0 Å². The Bertz CT molecular complexity index is 989. The van der Waals surface area contributed by atoms with Crippen molar-refractivity contribution in [3.05, 3.63) is 77.9 Å². The van der Waals surface area contributed by atoms with Crippen molar-refractivity contribution in [2.24, 2.45) is 0 Å². The van der Waals surface area contributed by atoms with Crippen molar-refractivity contribution in [1.29, 1.82) is 0 Å². The van der Waals surface area contributed by atoms with Crippen LogP contribution in [-0.4, -0.2) is 49.3 Å². The molecule has 0 saturated carbocycles. The summed E-state index contributed by atoms with van der Waals surface area (Å²) in [7, 11) is 0. The normalized spacial score (nSPS) is 15.9. The van der Waals surface area contributed by atoms with Gasteiger partial charge in [-0.05, 0) is 30.0 Å². The summed E-state index contributed by atoms with van der Waals surface area (Å²) in [5.74, 6) is -0.174. The largest absolute Gasteiger partial charge is 0.347 e. The van der Waals surface area contributed by atoms with Crippen molar-refractivity contribution in [2.45, 2.75) is 38.4 Å². The van der Waals surface area contributed by atoms with E-state index >= 15 is 0 Å². The number of hydrogen-bond acceptors (Lipinski definition) is 5. The molecule has 0 bridgehead atoms. The zero-order valence-electron chi connectivity index (χ0n) is 16.6. The lowest BCUT2D eigenvalue weighted by atomic mass is 10.1. The number of likely N-dealkylation sites (tertiary alicyclic amines) is 1. The van der Waals surface area contributed by atoms with E-state index in [1.807, 2.05) is 47.4 Å². The van der Waals surface area contributed by atoms with E-state index in [9.17, 15) is 9.59 Å². The molecule has 2 aromatic heterocycles. The van der Waals surface area contributed by atoms with Crippen LogP contribution in [0.4, 0.5) is 0 Å². The fraction of sp³-hybridized carbons (Fsp3) is 0.318. The Morgan fingerprint density at radius 2 is 1.93 bits per heavy atom. The molecular weight excluding hydrogens is 380 g/mol. The molecule has 8 nitrogen and oxygen atoms in total. The first kappa shape index (κ1) is 19.8. The zero-order valence-corrected chi connectivity index (χ0v) is 16.6. The van der Waals surface area contributed by atoms with Gasteiger partial charge in [0.1, 0.15) is 0 Å². The van der Waals surface area contributed by atoms with E-state index < -0.39 is 0 Å². The minimum Gasteiger partial charge on any atom is -0.347 e. The lowest BCUT2D eigenvalue weighted by Gasteiger charge is -2.24. The monoisotopic (exact) mass is 404 g/mol. The van der Waals surface area contributed by atoms with Crippen molar-refractivity contribution in [3.8, 4) is 0 Å². The fourth-order valence-corrected chi connectivity index (χ4v) is 3.71. The molecule has 1 aromatic carbocycles. The second-order valence-corrected chi connectivity index (χ2v) is 7.42. The summed E-state index contributed by atoms with van der Waals surface area (Å²) < 4.78 is 1.65. The van der Waals surface area contributed by atoms with Gasteiger partial charge in [0.05, 0.1) is 25.2 Å². The number of benzene rings is 1. The third-order valence-corrected chi connectivity index (χ3v) is 5.24. The molecule has 0 radical (unpaired) electrons. The molecule has 30 heavy (non-hydrogen) atoms. The van der Waals surface area contributed by atoms with Gasteiger partial charge in [-0.3, -0.25) is 14.6 Å². The Labute approximate surface area is 174 Å². The highest BCUT2D eigenvalue weighted by Gasteiger charge is 2.29. The number of amides is 2. The van der Waals surface area contributed by atoms with Gasteiger partial charge in [0.25, 0.3) is 5.91 Å². The van der Waals surface area contributed by atoms with Gasteiger partial charge in [0, 0.05) is 25.5 Å². The smallest absolute Gasteiger partial charge is 0.273 e. The van der Waals surface area contributed by atoms with Crippen molar-refractivity contribution < 1.29 is 9.59 Å². The first-order chi connectivity index (χ1) is 14.7. The highest BCUT2D eigenvalue weighted by Crippen LogP contribution is 2.20. The average Bonchev–Trinajstić information content (AvgIpc) is 3.44. The van der Waals surface area contributed by atoms with E-state index in [1.54, 1.807) is 23.3 Å². The molecule has 3 aromatic rings. The summed E-state index contributed by atoms with van der Waals surface area (Å²) in [6.07, 6.45) is 7.28. The molecule has 1 aliphatic rings. The summed E-state index contributed by atoms with van der Waals surface area (Å²) >= 11 is 0. The maximum absolute atomic E-state index is 12.7. The first-order valence-electron chi connectivity index (χ1n) is 10.1. The number of pyridine rings is 1. The number of rotatable bonds is 7. The van der Waals surface area contributed by atoms with Crippen LogP contribution >= 0.6 is 0 Å². The third-order valence-electron chi connectivity index (χ3n) is 5.24. The second-order valence-electron chi connectivity index (χ2n) is 7.42. The molecule has 1 aliphatic heterocycles. The van der Waals surface area contributed by atoms with Gasteiger partial charge in [-0.2, -0.15) is 0 Å². The molecule has 0 aliphatic carbocycles. The Kier molecular flexibility index (Phi) is 6.12. The number of hydrogen-bond donors (Lipinski definition) is 1. The van der Waals surface area contributed by atoms with Gasteiger partial charge < -0.3 is 10.2 Å². The van der Waals surface area contributed by atoms with E-state index in [0.29, 0.717) is 19.5 Å². The summed E-state index contributed by atoms with van der Waals surface area (Å²) in [5, 5.41) is 10.9. The van der Waals surface area contributed by atoms with Crippen LogP contribution in [0.5, 0.6) is 0 Å². The molecule has 4 rings (SSSR count). The van der Waals surface area contributed by atoms with Crippen molar-refractivity contribution in [2.75, 3.05) is 6.54 Å². The molecule has 2 amide bonds. The topological polar surface area (TPSA) is 93.0 Å². The van der Waals surface area contributed by atoms with Crippen molar-refractivity contribution in [1.82, 2.24) is 30.2 Å². The highest BCUT2D eigenvalue weighted by molar-refractivity contribution is 5.91. The average molecular weight is 404 g/mol. The minimum absolute atomic E-state index is 0.0519. The van der Waals surface area contributed by atoms with Gasteiger partial charge in [-0.25, -0.2) is 4.68 Å². The molecule has 0 unspecified atom stereocenters. The van der Waals surface area contributed by atoms with Gasteiger partial charge >= 0.3 is 0 Å². The highest BCUT2D eigenvalue weighted by atomic mass is 16.2. The zero-order chi connectivity index (χ0) is 20.8. The van der Waals surface area contributed by atoms with Gasteiger partial charge in [-0.1, -0.05) is 41.6 Å². The van der Waals surface area contributed by atoms with Gasteiger partial charge in [0.2, 0.25) is 5.91 Å². The Hall–Kier alpha value is -3.55. The Morgan fingerprint density at radius 1 is 1.10 bits per heavy atom. The van der Waals surface area contributed by atoms with Crippen LogP contribution in [0.15, 0.2) is 61.1 Å². The van der Waals surface area contributed by atoms with Crippen molar-refractivity contribution >= 4 is 11.8 Å². The van der Waals surface area contributed by atoms with Crippen LogP contribution < -0.4 is 5.32 Å². The maximum atomic E-state index is 12.7. The third kappa shape index (κ3) is 4.89. The number of nitrogens with zero attached hydrogens (tertiary/aromatic N) is 5. The molecule has 0 spiro atoms. The fourth-order valence-electron chi connectivity index (χ4n) is 3.71. The Balaban J connectivity index is 1.33. The van der Waals surface area contributed by atoms with E-state index in [2.05, 4.69) is 20.6 Å². The lowest BCUT2D eigenvalue weighted by molar-refractivity contribution is -0.131. The number of carbonyl (C=O) groups is 2. The molecule has 3 heterocycles.